The van der Waals surface area contributed by atoms with Crippen LogP contribution in [-0.4, -0.2) is 28.6 Å². The minimum atomic E-state index is -0.823. The SMILES string of the molecule is CCOc1cccc(-c2ccc3c(c2)NC(=O)/C3=C\c2[nH]c(C)c(CCC(=O)O)c2C)c1. The summed E-state index contributed by atoms with van der Waals surface area (Å²) < 4.78 is 5.60. The first-order valence-corrected chi connectivity index (χ1v) is 10.7. The first-order valence-electron chi connectivity index (χ1n) is 10.7. The number of aryl methyl sites for hydroxylation is 1. The summed E-state index contributed by atoms with van der Waals surface area (Å²) in [4.78, 5) is 27.0. The highest BCUT2D eigenvalue weighted by Crippen LogP contribution is 2.37. The Hall–Kier alpha value is -3.80. The number of aromatic nitrogens is 1. The van der Waals surface area contributed by atoms with E-state index < -0.39 is 5.97 Å². The Morgan fingerprint density at radius 2 is 1.91 bits per heavy atom. The monoisotopic (exact) mass is 430 g/mol. The average Bonchev–Trinajstić information content (AvgIpc) is 3.21. The predicted molar refractivity (Wildman–Crippen MR) is 126 cm³/mol. The number of ether oxygens (including phenoxy) is 1. The Balaban J connectivity index is 1.67. The second kappa shape index (κ2) is 8.75. The number of carboxylic acids is 1. The molecule has 32 heavy (non-hydrogen) atoms. The van der Waals surface area contributed by atoms with Gasteiger partial charge in [0.15, 0.2) is 0 Å². The molecule has 4 rings (SSSR count). The molecule has 0 aliphatic carbocycles. The van der Waals surface area contributed by atoms with Crippen LogP contribution in [0.4, 0.5) is 5.69 Å². The van der Waals surface area contributed by atoms with Crippen molar-refractivity contribution < 1.29 is 19.4 Å². The van der Waals surface area contributed by atoms with Crippen molar-refractivity contribution >= 4 is 29.2 Å². The highest BCUT2D eigenvalue weighted by Gasteiger charge is 2.25. The zero-order valence-electron chi connectivity index (χ0n) is 18.4. The number of nitrogens with one attached hydrogen (secondary N) is 2. The number of H-pyrrole nitrogens is 1. The van der Waals surface area contributed by atoms with Gasteiger partial charge in [0.25, 0.3) is 5.91 Å². The number of carbonyl (C=O) groups excluding carboxylic acids is 1. The van der Waals surface area contributed by atoms with Gasteiger partial charge >= 0.3 is 5.97 Å². The van der Waals surface area contributed by atoms with E-state index in [1.165, 1.54) is 0 Å². The number of fused-ring (bicyclic) bond motifs is 1. The number of anilines is 1. The average molecular weight is 431 g/mol. The van der Waals surface area contributed by atoms with Crippen LogP contribution in [0.5, 0.6) is 5.75 Å². The van der Waals surface area contributed by atoms with E-state index >= 15 is 0 Å². The van der Waals surface area contributed by atoms with Gasteiger partial charge in [-0.25, -0.2) is 0 Å². The number of hydrogen-bond donors (Lipinski definition) is 3. The van der Waals surface area contributed by atoms with Crippen molar-refractivity contribution in [2.75, 3.05) is 11.9 Å². The van der Waals surface area contributed by atoms with Crippen LogP contribution in [0.2, 0.25) is 0 Å². The van der Waals surface area contributed by atoms with Gasteiger partial charge in [0, 0.05) is 29.1 Å². The Morgan fingerprint density at radius 1 is 1.12 bits per heavy atom. The largest absolute Gasteiger partial charge is 0.494 e. The molecule has 3 aromatic rings. The Kier molecular flexibility index (Phi) is 5.86. The molecule has 0 saturated heterocycles. The van der Waals surface area contributed by atoms with E-state index in [0.29, 0.717) is 18.6 Å². The van der Waals surface area contributed by atoms with Crippen molar-refractivity contribution in [3.05, 3.63) is 70.5 Å². The van der Waals surface area contributed by atoms with Gasteiger partial charge in [0.05, 0.1) is 12.2 Å². The lowest BCUT2D eigenvalue weighted by molar-refractivity contribution is -0.137. The minimum absolute atomic E-state index is 0.0755. The quantitative estimate of drug-likeness (QED) is 0.449. The summed E-state index contributed by atoms with van der Waals surface area (Å²) in [7, 11) is 0. The molecule has 0 atom stereocenters. The topological polar surface area (TPSA) is 91.4 Å². The van der Waals surface area contributed by atoms with Gasteiger partial charge in [-0.15, -0.1) is 0 Å². The second-order valence-corrected chi connectivity index (χ2v) is 7.89. The molecule has 1 amide bonds. The second-order valence-electron chi connectivity index (χ2n) is 7.89. The summed E-state index contributed by atoms with van der Waals surface area (Å²) in [5.41, 5.74) is 7.94. The van der Waals surface area contributed by atoms with E-state index in [1.54, 1.807) is 0 Å². The number of benzene rings is 2. The predicted octanol–water partition coefficient (Wildman–Crippen LogP) is 5.21. The van der Waals surface area contributed by atoms with Crippen molar-refractivity contribution in [3.63, 3.8) is 0 Å². The highest BCUT2D eigenvalue weighted by molar-refractivity contribution is 6.35. The van der Waals surface area contributed by atoms with Crippen LogP contribution in [0.3, 0.4) is 0 Å². The van der Waals surface area contributed by atoms with E-state index in [9.17, 15) is 9.59 Å². The summed E-state index contributed by atoms with van der Waals surface area (Å²) >= 11 is 0. The molecule has 164 valence electrons. The molecule has 0 saturated carbocycles. The van der Waals surface area contributed by atoms with E-state index in [1.807, 2.05) is 69.3 Å². The Labute approximate surface area is 186 Å². The molecule has 2 heterocycles. The molecule has 6 nitrogen and oxygen atoms in total. The Morgan fingerprint density at radius 3 is 2.66 bits per heavy atom. The molecule has 1 aliphatic heterocycles. The first-order chi connectivity index (χ1) is 15.4. The standard InChI is InChI=1S/C26H26N2O4/c1-4-32-19-7-5-6-17(12-19)18-8-9-21-22(26(31)28-24(21)13-18)14-23-15(2)20(16(3)27-23)10-11-25(29)30/h5-9,12-14,27H,4,10-11H2,1-3H3,(H,28,31)(H,29,30)/b22-14-. The molecule has 2 aromatic carbocycles. The summed E-state index contributed by atoms with van der Waals surface area (Å²) in [6.45, 7) is 6.44. The summed E-state index contributed by atoms with van der Waals surface area (Å²) in [6, 6.07) is 13.8. The van der Waals surface area contributed by atoms with Gasteiger partial charge in [0.1, 0.15) is 5.75 Å². The molecule has 0 unspecified atom stereocenters. The number of aromatic amines is 1. The number of hydrogen-bond acceptors (Lipinski definition) is 3. The zero-order valence-corrected chi connectivity index (χ0v) is 18.4. The molecular formula is C26H26N2O4. The molecule has 1 aliphatic rings. The number of carbonyl (C=O) groups is 2. The van der Waals surface area contributed by atoms with E-state index in [0.717, 1.165) is 50.6 Å². The van der Waals surface area contributed by atoms with Gasteiger partial charge in [-0.3, -0.25) is 9.59 Å². The maximum absolute atomic E-state index is 12.7. The molecular weight excluding hydrogens is 404 g/mol. The lowest BCUT2D eigenvalue weighted by Gasteiger charge is -2.08. The van der Waals surface area contributed by atoms with E-state index in [2.05, 4.69) is 10.3 Å². The van der Waals surface area contributed by atoms with Crippen LogP contribution in [0.1, 0.15) is 41.4 Å². The van der Waals surface area contributed by atoms with Crippen molar-refractivity contribution in [1.82, 2.24) is 4.98 Å². The smallest absolute Gasteiger partial charge is 0.303 e. The minimum Gasteiger partial charge on any atom is -0.494 e. The molecule has 0 fully saturated rings. The fraction of sp³-hybridized carbons (Fsp3) is 0.231. The van der Waals surface area contributed by atoms with Crippen LogP contribution >= 0.6 is 0 Å². The van der Waals surface area contributed by atoms with Crippen LogP contribution in [0.25, 0.3) is 22.8 Å². The number of aliphatic carboxylic acids is 1. The highest BCUT2D eigenvalue weighted by atomic mass is 16.5. The fourth-order valence-corrected chi connectivity index (χ4v) is 4.16. The van der Waals surface area contributed by atoms with Crippen LogP contribution in [0, 0.1) is 13.8 Å². The third kappa shape index (κ3) is 4.17. The Bertz CT molecular complexity index is 1240. The van der Waals surface area contributed by atoms with Gasteiger partial charge in [-0.1, -0.05) is 24.3 Å². The van der Waals surface area contributed by atoms with Crippen molar-refractivity contribution in [2.45, 2.75) is 33.6 Å². The number of amides is 1. The van der Waals surface area contributed by atoms with Gasteiger partial charge < -0.3 is 20.1 Å². The maximum atomic E-state index is 12.7. The summed E-state index contributed by atoms with van der Waals surface area (Å²) in [5.74, 6) is -0.165. The first kappa shape index (κ1) is 21.4. The van der Waals surface area contributed by atoms with Gasteiger partial charge in [-0.05, 0) is 73.7 Å². The fourth-order valence-electron chi connectivity index (χ4n) is 4.16. The molecule has 6 heteroatoms. The van der Waals surface area contributed by atoms with E-state index in [-0.39, 0.29) is 12.3 Å². The van der Waals surface area contributed by atoms with Gasteiger partial charge in [-0.2, -0.15) is 0 Å². The molecule has 1 aromatic heterocycles. The van der Waals surface area contributed by atoms with Crippen LogP contribution in [-0.2, 0) is 16.0 Å². The van der Waals surface area contributed by atoms with Crippen molar-refractivity contribution in [3.8, 4) is 16.9 Å². The molecule has 0 radical (unpaired) electrons. The normalized spacial score (nSPS) is 13.8. The van der Waals surface area contributed by atoms with Crippen molar-refractivity contribution in [1.29, 1.82) is 0 Å². The van der Waals surface area contributed by atoms with Gasteiger partial charge in [0.2, 0.25) is 0 Å². The van der Waals surface area contributed by atoms with Crippen molar-refractivity contribution in [2.24, 2.45) is 0 Å². The lowest BCUT2D eigenvalue weighted by Crippen LogP contribution is -2.03. The van der Waals surface area contributed by atoms with Crippen LogP contribution < -0.4 is 10.1 Å². The summed E-state index contributed by atoms with van der Waals surface area (Å²) in [6.07, 6.45) is 2.38. The summed E-state index contributed by atoms with van der Waals surface area (Å²) in [5, 5.41) is 12.0. The third-order valence-electron chi connectivity index (χ3n) is 5.79. The molecule has 0 bridgehead atoms. The van der Waals surface area contributed by atoms with E-state index in [4.69, 9.17) is 9.84 Å². The zero-order chi connectivity index (χ0) is 22.8. The number of rotatable bonds is 7. The third-order valence-corrected chi connectivity index (χ3v) is 5.79. The number of carboxylic acid groups (broad SMARTS) is 1. The maximum Gasteiger partial charge on any atom is 0.303 e. The molecule has 0 spiro atoms. The van der Waals surface area contributed by atoms with Crippen LogP contribution in [0.15, 0.2) is 42.5 Å². The molecule has 3 N–H and O–H groups in total. The lowest BCUT2D eigenvalue weighted by atomic mass is 9.99.